The summed E-state index contributed by atoms with van der Waals surface area (Å²) >= 11 is 0. The van der Waals surface area contributed by atoms with Crippen LogP contribution in [0.5, 0.6) is 0 Å². The Labute approximate surface area is 105 Å². The van der Waals surface area contributed by atoms with Gasteiger partial charge < -0.3 is 10.2 Å². The molecule has 18 heavy (non-hydrogen) atoms. The maximum atomic E-state index is 11.1. The van der Waals surface area contributed by atoms with Gasteiger partial charge in [0.1, 0.15) is 5.69 Å². The summed E-state index contributed by atoms with van der Waals surface area (Å²) in [4.78, 5) is 16.9. The first-order chi connectivity index (χ1) is 8.56. The minimum Gasteiger partial charge on any atom is -0.378 e. The number of anilines is 3. The molecule has 2 N–H and O–H groups in total. The number of H-pyrrole nitrogens is 1. The van der Waals surface area contributed by atoms with Crippen molar-refractivity contribution in [1.29, 1.82) is 0 Å². The van der Waals surface area contributed by atoms with Gasteiger partial charge in [-0.1, -0.05) is 0 Å². The molecule has 0 spiro atoms. The predicted octanol–water partition coefficient (Wildman–Crippen LogP) is 1.28. The number of aryl methyl sites for hydroxylation is 1. The normalized spacial score (nSPS) is 10.2. The second-order valence-corrected chi connectivity index (χ2v) is 4.14. The molecule has 0 bridgehead atoms. The quantitative estimate of drug-likeness (QED) is 0.852. The van der Waals surface area contributed by atoms with Gasteiger partial charge in [-0.3, -0.25) is 0 Å². The van der Waals surface area contributed by atoms with Gasteiger partial charge in [0, 0.05) is 25.5 Å². The number of rotatable bonds is 3. The molecule has 2 rings (SSSR count). The van der Waals surface area contributed by atoms with Crippen LogP contribution in [0.4, 0.5) is 17.2 Å². The lowest BCUT2D eigenvalue weighted by Crippen LogP contribution is -2.15. The smallest absolute Gasteiger partial charge is 0.363 e. The molecule has 0 amide bonds. The molecule has 1 heterocycles. The van der Waals surface area contributed by atoms with E-state index < -0.39 is 5.69 Å². The van der Waals surface area contributed by atoms with Crippen LogP contribution in [-0.2, 0) is 0 Å². The fourth-order valence-electron chi connectivity index (χ4n) is 1.49. The van der Waals surface area contributed by atoms with Gasteiger partial charge in [0.2, 0.25) is 0 Å². The van der Waals surface area contributed by atoms with E-state index in [2.05, 4.69) is 20.5 Å². The van der Waals surface area contributed by atoms with E-state index in [4.69, 9.17) is 0 Å². The summed E-state index contributed by atoms with van der Waals surface area (Å²) in [5.74, 6) is 0.469. The summed E-state index contributed by atoms with van der Waals surface area (Å²) < 4.78 is 0. The van der Waals surface area contributed by atoms with E-state index >= 15 is 0 Å². The van der Waals surface area contributed by atoms with Crippen molar-refractivity contribution >= 4 is 17.2 Å². The Morgan fingerprint density at radius 3 is 2.50 bits per heavy atom. The Morgan fingerprint density at radius 2 is 1.89 bits per heavy atom. The van der Waals surface area contributed by atoms with Crippen molar-refractivity contribution in [2.45, 2.75) is 6.92 Å². The number of hydrogen-bond donors (Lipinski definition) is 2. The van der Waals surface area contributed by atoms with Crippen LogP contribution >= 0.6 is 0 Å². The molecule has 0 aliphatic rings. The van der Waals surface area contributed by atoms with Crippen molar-refractivity contribution in [2.24, 2.45) is 0 Å². The van der Waals surface area contributed by atoms with Crippen LogP contribution in [0.1, 0.15) is 5.69 Å². The van der Waals surface area contributed by atoms with Gasteiger partial charge in [-0.05, 0) is 31.2 Å². The molecular formula is C12H15N5O. The zero-order chi connectivity index (χ0) is 13.1. The fraction of sp³-hybridized carbons (Fsp3) is 0.250. The molecule has 0 unspecified atom stereocenters. The van der Waals surface area contributed by atoms with E-state index in [-0.39, 0.29) is 0 Å². The number of nitrogens with one attached hydrogen (secondary N) is 2. The molecule has 2 aromatic rings. The average Bonchev–Trinajstić information content (AvgIpc) is 2.34. The molecule has 6 nitrogen and oxygen atoms in total. The van der Waals surface area contributed by atoms with Gasteiger partial charge in [-0.2, -0.15) is 10.1 Å². The van der Waals surface area contributed by atoms with Gasteiger partial charge in [0.05, 0.1) is 0 Å². The molecule has 94 valence electrons. The SMILES string of the molecule is Cc1n[nH]c(=O)nc1Nc1ccc(N(C)C)cc1. The highest BCUT2D eigenvalue weighted by molar-refractivity contribution is 5.61. The maximum Gasteiger partial charge on any atom is 0.363 e. The molecule has 0 radical (unpaired) electrons. The van der Waals surface area contributed by atoms with Crippen LogP contribution in [0.3, 0.4) is 0 Å². The summed E-state index contributed by atoms with van der Waals surface area (Å²) in [5, 5.41) is 9.20. The van der Waals surface area contributed by atoms with Crippen molar-refractivity contribution in [3.63, 3.8) is 0 Å². The number of nitrogens with zero attached hydrogens (tertiary/aromatic N) is 3. The van der Waals surface area contributed by atoms with Gasteiger partial charge >= 0.3 is 5.69 Å². The van der Waals surface area contributed by atoms with Crippen LogP contribution in [-0.4, -0.2) is 29.3 Å². The summed E-state index contributed by atoms with van der Waals surface area (Å²) in [5.41, 5.74) is 2.15. The van der Waals surface area contributed by atoms with E-state index in [0.29, 0.717) is 11.5 Å². The molecule has 1 aromatic carbocycles. The highest BCUT2D eigenvalue weighted by Crippen LogP contribution is 2.19. The lowest BCUT2D eigenvalue weighted by molar-refractivity contribution is 0.885. The highest BCUT2D eigenvalue weighted by atomic mass is 16.1. The van der Waals surface area contributed by atoms with Crippen LogP contribution in [0.2, 0.25) is 0 Å². The number of hydrogen-bond acceptors (Lipinski definition) is 5. The molecule has 0 aliphatic heterocycles. The number of aromatic amines is 1. The highest BCUT2D eigenvalue weighted by Gasteiger charge is 2.03. The Balaban J connectivity index is 2.23. The molecule has 0 saturated carbocycles. The maximum absolute atomic E-state index is 11.1. The summed E-state index contributed by atoms with van der Waals surface area (Å²) in [7, 11) is 3.96. The molecule has 0 aliphatic carbocycles. The largest absolute Gasteiger partial charge is 0.378 e. The third-order valence-electron chi connectivity index (χ3n) is 2.52. The molecular weight excluding hydrogens is 230 g/mol. The zero-order valence-electron chi connectivity index (χ0n) is 10.6. The Bertz CT molecular complexity index is 588. The van der Waals surface area contributed by atoms with Crippen molar-refractivity contribution in [2.75, 3.05) is 24.3 Å². The Kier molecular flexibility index (Phi) is 3.27. The standard InChI is InChI=1S/C12H15N5O/c1-8-11(14-12(18)16-15-8)13-9-4-6-10(7-5-9)17(2)3/h4-7H,1-3H3,(H2,13,14,16,18). The van der Waals surface area contributed by atoms with Crippen LogP contribution in [0.15, 0.2) is 29.1 Å². The van der Waals surface area contributed by atoms with Crippen molar-refractivity contribution in [1.82, 2.24) is 15.2 Å². The lowest BCUT2D eigenvalue weighted by atomic mass is 10.2. The first-order valence-corrected chi connectivity index (χ1v) is 5.54. The zero-order valence-corrected chi connectivity index (χ0v) is 10.6. The summed E-state index contributed by atoms with van der Waals surface area (Å²) in [6.07, 6.45) is 0. The average molecular weight is 245 g/mol. The van der Waals surface area contributed by atoms with Crippen molar-refractivity contribution in [3.05, 3.63) is 40.4 Å². The molecule has 0 atom stereocenters. The van der Waals surface area contributed by atoms with Crippen LogP contribution < -0.4 is 15.9 Å². The van der Waals surface area contributed by atoms with E-state index in [1.807, 2.05) is 43.3 Å². The molecule has 6 heteroatoms. The van der Waals surface area contributed by atoms with Gasteiger partial charge in [-0.25, -0.2) is 9.89 Å². The monoisotopic (exact) mass is 245 g/mol. The fourth-order valence-corrected chi connectivity index (χ4v) is 1.49. The van der Waals surface area contributed by atoms with Crippen LogP contribution in [0, 0.1) is 6.92 Å². The van der Waals surface area contributed by atoms with Crippen molar-refractivity contribution in [3.8, 4) is 0 Å². The third kappa shape index (κ3) is 2.65. The topological polar surface area (TPSA) is 73.9 Å². The Morgan fingerprint density at radius 1 is 1.22 bits per heavy atom. The van der Waals surface area contributed by atoms with Gasteiger partial charge in [0.15, 0.2) is 5.82 Å². The third-order valence-corrected chi connectivity index (χ3v) is 2.52. The van der Waals surface area contributed by atoms with E-state index in [1.54, 1.807) is 6.92 Å². The second kappa shape index (κ2) is 4.87. The predicted molar refractivity (Wildman–Crippen MR) is 71.4 cm³/mol. The van der Waals surface area contributed by atoms with Crippen molar-refractivity contribution < 1.29 is 0 Å². The molecule has 1 aromatic heterocycles. The first kappa shape index (κ1) is 12.1. The first-order valence-electron chi connectivity index (χ1n) is 5.54. The summed E-state index contributed by atoms with van der Waals surface area (Å²) in [6.45, 7) is 1.78. The van der Waals surface area contributed by atoms with Gasteiger partial charge in [0.25, 0.3) is 0 Å². The molecule has 0 fully saturated rings. The second-order valence-electron chi connectivity index (χ2n) is 4.14. The summed E-state index contributed by atoms with van der Waals surface area (Å²) in [6, 6.07) is 7.83. The number of aromatic nitrogens is 3. The van der Waals surface area contributed by atoms with E-state index in [1.165, 1.54) is 0 Å². The Hall–Kier alpha value is -2.37. The minimum absolute atomic E-state index is 0.465. The van der Waals surface area contributed by atoms with E-state index in [0.717, 1.165) is 11.4 Å². The lowest BCUT2D eigenvalue weighted by Gasteiger charge is -2.13. The van der Waals surface area contributed by atoms with E-state index in [9.17, 15) is 4.79 Å². The number of benzene rings is 1. The molecule has 0 saturated heterocycles. The van der Waals surface area contributed by atoms with Crippen LogP contribution in [0.25, 0.3) is 0 Å². The minimum atomic E-state index is -0.465. The van der Waals surface area contributed by atoms with Gasteiger partial charge in [-0.15, -0.1) is 0 Å².